The maximum absolute atomic E-state index is 12.8. The van der Waals surface area contributed by atoms with Crippen LogP contribution in [-0.4, -0.2) is 75.1 Å². The first-order valence-corrected chi connectivity index (χ1v) is 12.4. The number of carbonyl (C=O) groups excluding carboxylic acids is 1. The molecule has 0 spiro atoms. The van der Waals surface area contributed by atoms with E-state index in [1.165, 1.54) is 19.1 Å². The van der Waals surface area contributed by atoms with Crippen LogP contribution >= 0.6 is 11.8 Å². The molecule has 2 fully saturated rings. The predicted octanol–water partition coefficient (Wildman–Crippen LogP) is 1.36. The third kappa shape index (κ3) is 5.48. The Morgan fingerprint density at radius 3 is 2.57 bits per heavy atom. The van der Waals surface area contributed by atoms with E-state index in [0.717, 1.165) is 12.8 Å². The number of piperidine rings is 1. The first-order chi connectivity index (χ1) is 13.5. The molecule has 156 valence electrons. The summed E-state index contributed by atoms with van der Waals surface area (Å²) in [7, 11) is -3.52. The fourth-order valence-corrected chi connectivity index (χ4v) is 5.65. The average Bonchev–Trinajstić information content (AvgIpc) is 2.75. The summed E-state index contributed by atoms with van der Waals surface area (Å²) in [5, 5.41) is 2.98. The van der Waals surface area contributed by atoms with Gasteiger partial charge in [-0.05, 0) is 43.2 Å². The van der Waals surface area contributed by atoms with Crippen molar-refractivity contribution in [3.05, 3.63) is 29.8 Å². The van der Waals surface area contributed by atoms with Crippen molar-refractivity contribution >= 4 is 27.9 Å². The van der Waals surface area contributed by atoms with Crippen LogP contribution in [0.1, 0.15) is 18.4 Å². The first kappa shape index (κ1) is 21.6. The number of ether oxygens (including phenoxy) is 1. The van der Waals surface area contributed by atoms with Crippen molar-refractivity contribution in [2.75, 3.05) is 52.2 Å². The molecule has 2 aliphatic rings. The molecule has 0 bridgehead atoms. The zero-order valence-corrected chi connectivity index (χ0v) is 17.9. The maximum atomic E-state index is 12.8. The van der Waals surface area contributed by atoms with Gasteiger partial charge in [0.1, 0.15) is 0 Å². The minimum absolute atomic E-state index is 0.0531. The van der Waals surface area contributed by atoms with E-state index < -0.39 is 10.2 Å². The highest BCUT2D eigenvalue weighted by atomic mass is 32.2. The van der Waals surface area contributed by atoms with Crippen LogP contribution in [0.4, 0.5) is 0 Å². The number of carbonyl (C=O) groups is 1. The van der Waals surface area contributed by atoms with Crippen LogP contribution in [-0.2, 0) is 26.2 Å². The quantitative estimate of drug-likeness (QED) is 0.665. The molecule has 1 aromatic rings. The molecule has 1 atom stereocenters. The summed E-state index contributed by atoms with van der Waals surface area (Å²) >= 11 is 1.70. The van der Waals surface area contributed by atoms with E-state index in [-0.39, 0.29) is 18.4 Å². The minimum Gasteiger partial charge on any atom is -0.379 e. The molecule has 7 nitrogen and oxygen atoms in total. The number of benzene rings is 1. The predicted molar refractivity (Wildman–Crippen MR) is 111 cm³/mol. The van der Waals surface area contributed by atoms with E-state index in [4.69, 9.17) is 4.74 Å². The van der Waals surface area contributed by atoms with E-state index >= 15 is 0 Å². The Bertz CT molecular complexity index is 749. The summed E-state index contributed by atoms with van der Waals surface area (Å²) in [6.07, 6.45) is 4.24. The van der Waals surface area contributed by atoms with Gasteiger partial charge in [0, 0.05) is 37.6 Å². The molecule has 1 N–H and O–H groups in total. The number of hydrogen-bond donors (Lipinski definition) is 1. The van der Waals surface area contributed by atoms with Gasteiger partial charge < -0.3 is 10.1 Å². The fraction of sp³-hybridized carbons (Fsp3) is 0.632. The highest BCUT2D eigenvalue weighted by Gasteiger charge is 2.36. The summed E-state index contributed by atoms with van der Waals surface area (Å²) < 4.78 is 33.8. The van der Waals surface area contributed by atoms with Gasteiger partial charge in [-0.15, -0.1) is 11.8 Å². The topological polar surface area (TPSA) is 79.0 Å². The SMILES string of the molecule is CSc1ccc(CCNC(=O)[C@@H]2CCCN(S(=O)(=O)N3CCOCC3)C2)cc1. The highest BCUT2D eigenvalue weighted by molar-refractivity contribution is 7.98. The first-order valence-electron chi connectivity index (χ1n) is 9.74. The summed E-state index contributed by atoms with van der Waals surface area (Å²) in [6, 6.07) is 8.32. The van der Waals surface area contributed by atoms with Crippen molar-refractivity contribution in [2.45, 2.75) is 24.2 Å². The maximum Gasteiger partial charge on any atom is 0.282 e. The van der Waals surface area contributed by atoms with Gasteiger partial charge in [0.05, 0.1) is 19.1 Å². The van der Waals surface area contributed by atoms with E-state index in [0.29, 0.717) is 45.8 Å². The molecule has 0 unspecified atom stereocenters. The third-order valence-electron chi connectivity index (χ3n) is 5.25. The molecule has 3 rings (SSSR count). The normalized spacial score (nSPS) is 22.1. The van der Waals surface area contributed by atoms with Crippen molar-refractivity contribution in [3.8, 4) is 0 Å². The number of thioether (sulfide) groups is 1. The van der Waals surface area contributed by atoms with E-state index in [1.54, 1.807) is 11.8 Å². The second-order valence-corrected chi connectivity index (χ2v) is 9.91. The van der Waals surface area contributed by atoms with Gasteiger partial charge in [-0.2, -0.15) is 17.0 Å². The number of nitrogens with zero attached hydrogens (tertiary/aromatic N) is 2. The molecule has 9 heteroatoms. The lowest BCUT2D eigenvalue weighted by molar-refractivity contribution is -0.126. The standard InChI is InChI=1S/C19H29N3O4S2/c1-27-18-6-4-16(5-7-18)8-9-20-19(23)17-3-2-10-22(15-17)28(24,25)21-11-13-26-14-12-21/h4-7,17H,2-3,8-15H2,1H3,(H,20,23)/t17-/m1/s1. The van der Waals surface area contributed by atoms with Crippen molar-refractivity contribution in [2.24, 2.45) is 5.92 Å². The third-order valence-corrected chi connectivity index (χ3v) is 8.00. The van der Waals surface area contributed by atoms with E-state index in [2.05, 4.69) is 29.6 Å². The van der Waals surface area contributed by atoms with E-state index in [1.807, 2.05) is 6.26 Å². The molecule has 2 saturated heterocycles. The van der Waals surface area contributed by atoms with Gasteiger partial charge >= 0.3 is 0 Å². The zero-order chi connectivity index (χ0) is 20.0. The molecule has 1 amide bonds. The monoisotopic (exact) mass is 427 g/mol. The van der Waals surface area contributed by atoms with Crippen LogP contribution in [0.2, 0.25) is 0 Å². The number of hydrogen-bond acceptors (Lipinski definition) is 5. The molecule has 2 aliphatic heterocycles. The van der Waals surface area contributed by atoms with Gasteiger partial charge in [0.15, 0.2) is 0 Å². The molecule has 0 saturated carbocycles. The number of morpholine rings is 1. The Kier molecular flexibility index (Phi) is 7.76. The molecule has 28 heavy (non-hydrogen) atoms. The summed E-state index contributed by atoms with van der Waals surface area (Å²) in [6.45, 7) is 2.91. The Morgan fingerprint density at radius 1 is 1.18 bits per heavy atom. The van der Waals surface area contributed by atoms with Gasteiger partial charge in [0.25, 0.3) is 10.2 Å². The summed E-state index contributed by atoms with van der Waals surface area (Å²) in [5.74, 6) is -0.342. The number of rotatable bonds is 7. The average molecular weight is 428 g/mol. The lowest BCUT2D eigenvalue weighted by Gasteiger charge is -2.36. The molecular weight excluding hydrogens is 398 g/mol. The van der Waals surface area contributed by atoms with Gasteiger partial charge in [-0.25, -0.2) is 0 Å². The molecular formula is C19H29N3O4S2. The van der Waals surface area contributed by atoms with Crippen LogP contribution in [0.5, 0.6) is 0 Å². The molecule has 1 aromatic carbocycles. The zero-order valence-electron chi connectivity index (χ0n) is 16.3. The van der Waals surface area contributed by atoms with Gasteiger partial charge in [0.2, 0.25) is 5.91 Å². The number of amides is 1. The molecule has 0 aromatic heterocycles. The van der Waals surface area contributed by atoms with Gasteiger partial charge in [-0.3, -0.25) is 4.79 Å². The Morgan fingerprint density at radius 2 is 1.89 bits per heavy atom. The van der Waals surface area contributed by atoms with Gasteiger partial charge in [-0.1, -0.05) is 12.1 Å². The highest BCUT2D eigenvalue weighted by Crippen LogP contribution is 2.22. The van der Waals surface area contributed by atoms with E-state index in [9.17, 15) is 13.2 Å². The van der Waals surface area contributed by atoms with Crippen molar-refractivity contribution in [3.63, 3.8) is 0 Å². The molecule has 2 heterocycles. The molecule has 0 radical (unpaired) electrons. The fourth-order valence-electron chi connectivity index (χ4n) is 3.57. The smallest absolute Gasteiger partial charge is 0.282 e. The largest absolute Gasteiger partial charge is 0.379 e. The van der Waals surface area contributed by atoms with Crippen LogP contribution in [0.15, 0.2) is 29.2 Å². The number of nitrogens with one attached hydrogen (secondary N) is 1. The lowest BCUT2D eigenvalue weighted by Crippen LogP contribution is -2.53. The summed E-state index contributed by atoms with van der Waals surface area (Å²) in [5.41, 5.74) is 1.18. The van der Waals surface area contributed by atoms with Crippen LogP contribution < -0.4 is 5.32 Å². The summed E-state index contributed by atoms with van der Waals surface area (Å²) in [4.78, 5) is 13.8. The van der Waals surface area contributed by atoms with Crippen LogP contribution in [0.3, 0.4) is 0 Å². The van der Waals surface area contributed by atoms with Crippen molar-refractivity contribution in [1.29, 1.82) is 0 Å². The Labute approximate surface area is 172 Å². The molecule has 0 aliphatic carbocycles. The second-order valence-electron chi connectivity index (χ2n) is 7.11. The Balaban J connectivity index is 1.49. The van der Waals surface area contributed by atoms with Crippen LogP contribution in [0, 0.1) is 5.92 Å². The lowest BCUT2D eigenvalue weighted by atomic mass is 9.99. The Hall–Kier alpha value is -1.13. The second kappa shape index (κ2) is 10.1. The van der Waals surface area contributed by atoms with Crippen LogP contribution in [0.25, 0.3) is 0 Å². The van der Waals surface area contributed by atoms with Crippen molar-refractivity contribution in [1.82, 2.24) is 13.9 Å². The minimum atomic E-state index is -3.52. The van der Waals surface area contributed by atoms with Crippen molar-refractivity contribution < 1.29 is 17.9 Å².